The van der Waals surface area contributed by atoms with Gasteiger partial charge in [0.1, 0.15) is 0 Å². The summed E-state index contributed by atoms with van der Waals surface area (Å²) in [5.74, 6) is 0. The van der Waals surface area contributed by atoms with E-state index in [9.17, 15) is 0 Å². The van der Waals surface area contributed by atoms with Gasteiger partial charge in [-0.2, -0.15) is 0 Å². The molecule has 0 saturated carbocycles. The highest BCUT2D eigenvalue weighted by molar-refractivity contribution is 5.67. The van der Waals surface area contributed by atoms with Gasteiger partial charge in [-0.05, 0) is 49.2 Å². The van der Waals surface area contributed by atoms with Crippen molar-refractivity contribution in [1.29, 1.82) is 5.41 Å². The van der Waals surface area contributed by atoms with Crippen LogP contribution in [0.2, 0.25) is 0 Å². The van der Waals surface area contributed by atoms with Crippen LogP contribution in [0.25, 0.3) is 23.2 Å². The Kier molecular flexibility index (Phi) is 2.82. The molecule has 0 fully saturated rings. The van der Waals surface area contributed by atoms with Crippen molar-refractivity contribution >= 4 is 6.08 Å². The average Bonchev–Trinajstić information content (AvgIpc) is 2.54. The van der Waals surface area contributed by atoms with Crippen LogP contribution in [-0.2, 0) is 6.42 Å². The third-order valence-corrected chi connectivity index (χ3v) is 4.00. The van der Waals surface area contributed by atoms with E-state index in [1.807, 2.05) is 36.4 Å². The second-order valence-electron chi connectivity index (χ2n) is 5.54. The minimum atomic E-state index is 0.478. The molecule has 0 atom stereocenters. The van der Waals surface area contributed by atoms with E-state index in [0.717, 1.165) is 47.0 Å². The van der Waals surface area contributed by atoms with Crippen molar-refractivity contribution in [3.63, 3.8) is 0 Å². The second kappa shape index (κ2) is 4.84. The van der Waals surface area contributed by atoms with Crippen molar-refractivity contribution in [1.82, 2.24) is 9.55 Å². The number of rotatable bonds is 1. The molecule has 0 bridgehead atoms. The average molecular weight is 288 g/mol. The highest BCUT2D eigenvalue weighted by atomic mass is 15.0. The zero-order valence-corrected chi connectivity index (χ0v) is 12.1. The van der Waals surface area contributed by atoms with Crippen LogP contribution < -0.4 is 11.1 Å². The predicted molar refractivity (Wildman–Crippen MR) is 86.5 cm³/mol. The Bertz CT molecular complexity index is 906. The third-order valence-electron chi connectivity index (χ3n) is 4.00. The zero-order chi connectivity index (χ0) is 15.1. The molecule has 0 amide bonds. The van der Waals surface area contributed by atoms with Gasteiger partial charge in [0.05, 0.1) is 28.1 Å². The molecular formula is C18H16N4. The van der Waals surface area contributed by atoms with Crippen LogP contribution in [0.1, 0.15) is 17.8 Å². The number of nitrogens with two attached hydrogens (primary N) is 1. The van der Waals surface area contributed by atoms with E-state index in [-0.39, 0.29) is 0 Å². The molecule has 0 radical (unpaired) electrons. The first-order chi connectivity index (χ1) is 10.7. The first-order valence-corrected chi connectivity index (χ1v) is 7.34. The number of aryl methyl sites for hydroxylation is 1. The van der Waals surface area contributed by atoms with E-state index in [0.29, 0.717) is 5.36 Å². The maximum absolute atomic E-state index is 7.93. The van der Waals surface area contributed by atoms with Crippen LogP contribution in [-0.4, -0.2) is 9.55 Å². The lowest BCUT2D eigenvalue weighted by Crippen LogP contribution is -2.18. The third kappa shape index (κ3) is 2.00. The quantitative estimate of drug-likeness (QED) is 0.723. The molecule has 0 spiro atoms. The summed E-state index contributed by atoms with van der Waals surface area (Å²) in [4.78, 5) is 4.77. The first-order valence-electron chi connectivity index (χ1n) is 7.34. The fourth-order valence-electron chi connectivity index (χ4n) is 2.96. The second-order valence-corrected chi connectivity index (χ2v) is 5.54. The molecule has 22 heavy (non-hydrogen) atoms. The molecule has 4 heteroatoms. The first kappa shape index (κ1) is 12.8. The van der Waals surface area contributed by atoms with Crippen molar-refractivity contribution < 1.29 is 0 Å². The van der Waals surface area contributed by atoms with E-state index in [1.165, 1.54) is 0 Å². The van der Waals surface area contributed by atoms with Gasteiger partial charge in [-0.1, -0.05) is 18.2 Å². The highest BCUT2D eigenvalue weighted by Gasteiger charge is 2.20. The molecule has 0 saturated heterocycles. The zero-order valence-electron chi connectivity index (χ0n) is 12.1. The van der Waals surface area contributed by atoms with Gasteiger partial charge in [-0.25, -0.2) is 4.98 Å². The van der Waals surface area contributed by atoms with Crippen LogP contribution in [0, 0.1) is 5.41 Å². The van der Waals surface area contributed by atoms with Crippen molar-refractivity contribution in [2.45, 2.75) is 12.8 Å². The number of aromatic nitrogens is 2. The lowest BCUT2D eigenvalue weighted by atomic mass is 10.0. The largest absolute Gasteiger partial charge is 0.402 e. The van der Waals surface area contributed by atoms with E-state index in [2.05, 4.69) is 16.7 Å². The number of para-hydroxylation sites is 1. The number of nitrogens with zero attached hydrogens (tertiary/aromatic N) is 2. The topological polar surface area (TPSA) is 67.7 Å². The molecule has 3 N–H and O–H groups in total. The van der Waals surface area contributed by atoms with Gasteiger partial charge in [0.25, 0.3) is 0 Å². The fraction of sp³-hybridized carbons (Fsp3) is 0.111. The maximum Gasteiger partial charge on any atom is 0.0875 e. The molecule has 1 aromatic carbocycles. The molecule has 1 heterocycles. The Balaban J connectivity index is 2.15. The Morgan fingerprint density at radius 1 is 1.05 bits per heavy atom. The normalized spacial score (nSPS) is 13.7. The van der Waals surface area contributed by atoms with Crippen LogP contribution in [0.4, 0.5) is 0 Å². The van der Waals surface area contributed by atoms with Crippen LogP contribution in [0.3, 0.4) is 0 Å². The summed E-state index contributed by atoms with van der Waals surface area (Å²) in [7, 11) is 0. The Hall–Kier alpha value is -2.88. The maximum atomic E-state index is 7.93. The summed E-state index contributed by atoms with van der Waals surface area (Å²) < 4.78 is 2.15. The van der Waals surface area contributed by atoms with Crippen molar-refractivity contribution in [2.75, 3.05) is 0 Å². The lowest BCUT2D eigenvalue weighted by molar-refractivity contribution is 0.828. The summed E-state index contributed by atoms with van der Waals surface area (Å²) in [5.41, 5.74) is 11.9. The lowest BCUT2D eigenvalue weighted by Gasteiger charge is -2.24. The predicted octanol–water partition coefficient (Wildman–Crippen LogP) is 2.70. The van der Waals surface area contributed by atoms with Crippen LogP contribution in [0.15, 0.2) is 54.2 Å². The molecule has 0 unspecified atom stereocenters. The number of benzene rings is 2. The summed E-state index contributed by atoms with van der Waals surface area (Å²) in [5, 5.41) is 8.41. The summed E-state index contributed by atoms with van der Waals surface area (Å²) in [6, 6.07) is 15.7. The van der Waals surface area contributed by atoms with Crippen molar-refractivity contribution in [3.05, 3.63) is 71.0 Å². The summed E-state index contributed by atoms with van der Waals surface area (Å²) in [6.07, 6.45) is 3.70. The van der Waals surface area contributed by atoms with Gasteiger partial charge in [0.15, 0.2) is 0 Å². The molecule has 2 aliphatic carbocycles. The fourth-order valence-corrected chi connectivity index (χ4v) is 2.96. The minimum Gasteiger partial charge on any atom is -0.402 e. The monoisotopic (exact) mass is 288 g/mol. The van der Waals surface area contributed by atoms with Gasteiger partial charge in [-0.15, -0.1) is 0 Å². The minimum absolute atomic E-state index is 0.478. The van der Waals surface area contributed by atoms with Crippen molar-refractivity contribution in [3.8, 4) is 17.1 Å². The van der Waals surface area contributed by atoms with Crippen LogP contribution in [0.5, 0.6) is 0 Å². The van der Waals surface area contributed by atoms with Gasteiger partial charge >= 0.3 is 0 Å². The molecule has 4 rings (SSSR count). The summed E-state index contributed by atoms with van der Waals surface area (Å²) in [6.45, 7) is 0. The Morgan fingerprint density at radius 2 is 1.86 bits per heavy atom. The number of nitrogens with one attached hydrogen (secondary N) is 1. The SMILES string of the molecule is N=c1ccc2nc3c(n(-c4ccccc4)c-2c1)C=C(N)CC3. The smallest absolute Gasteiger partial charge is 0.0875 e. The Morgan fingerprint density at radius 3 is 2.68 bits per heavy atom. The molecule has 3 aliphatic rings. The standard InChI is InChI=1S/C18H16N4/c19-12-6-8-15-17(10-12)22(14-4-2-1-3-5-14)18-11-13(20)7-9-16(18)21-15/h1-6,8,10-11,19H,7,9,20H2. The number of allylic oxidation sites excluding steroid dienone is 1. The van der Waals surface area contributed by atoms with Crippen LogP contribution >= 0.6 is 0 Å². The molecule has 4 nitrogen and oxygen atoms in total. The molecule has 1 aliphatic heterocycles. The Labute approximate surface area is 128 Å². The van der Waals surface area contributed by atoms with Crippen molar-refractivity contribution in [2.24, 2.45) is 5.73 Å². The van der Waals surface area contributed by atoms with Gasteiger partial charge in [0, 0.05) is 11.4 Å². The van der Waals surface area contributed by atoms with E-state index < -0.39 is 0 Å². The van der Waals surface area contributed by atoms with E-state index >= 15 is 0 Å². The van der Waals surface area contributed by atoms with Gasteiger partial charge in [0.2, 0.25) is 0 Å². The number of hydrogen-bond acceptors (Lipinski definition) is 3. The highest BCUT2D eigenvalue weighted by Crippen LogP contribution is 2.30. The van der Waals surface area contributed by atoms with Gasteiger partial charge in [-0.3, -0.25) is 0 Å². The molecule has 1 aromatic rings. The van der Waals surface area contributed by atoms with Gasteiger partial charge < -0.3 is 15.7 Å². The molecule has 108 valence electrons. The summed E-state index contributed by atoms with van der Waals surface area (Å²) >= 11 is 0. The number of hydrogen-bond donors (Lipinski definition) is 2. The molecule has 0 aromatic heterocycles. The molecular weight excluding hydrogens is 272 g/mol. The van der Waals surface area contributed by atoms with E-state index in [1.54, 1.807) is 6.07 Å². The number of fused-ring (bicyclic) bond motifs is 2. The van der Waals surface area contributed by atoms with E-state index in [4.69, 9.17) is 16.1 Å².